The van der Waals surface area contributed by atoms with E-state index in [9.17, 15) is 17.7 Å². The fourth-order valence-electron chi connectivity index (χ4n) is 1.03. The molecule has 0 spiro atoms. The minimum absolute atomic E-state index is 0.00588. The number of thioether (sulfide) groups is 1. The molecule has 0 saturated carbocycles. The first-order chi connectivity index (χ1) is 7.42. The molecule has 2 nitrogen and oxygen atoms in total. The van der Waals surface area contributed by atoms with Crippen molar-refractivity contribution in [1.82, 2.24) is 0 Å². The van der Waals surface area contributed by atoms with Gasteiger partial charge in [0.2, 0.25) is 0 Å². The molecule has 0 bridgehead atoms. The molecule has 0 radical (unpaired) electrons. The van der Waals surface area contributed by atoms with E-state index in [0.29, 0.717) is 0 Å². The van der Waals surface area contributed by atoms with Gasteiger partial charge in [0.25, 0.3) is 0 Å². The van der Waals surface area contributed by atoms with Crippen LogP contribution < -0.4 is 5.12 Å². The fourth-order valence-corrected chi connectivity index (χ4v) is 1.57. The molecular formula is C9H9F4NOS. The van der Waals surface area contributed by atoms with Gasteiger partial charge in [-0.3, -0.25) is 0 Å². The van der Waals surface area contributed by atoms with E-state index in [1.54, 1.807) is 0 Å². The van der Waals surface area contributed by atoms with E-state index in [1.165, 1.54) is 24.3 Å². The zero-order valence-electron chi connectivity index (χ0n) is 8.04. The average Bonchev–Trinajstić information content (AvgIpc) is 2.16. The maximum absolute atomic E-state index is 13.0. The van der Waals surface area contributed by atoms with Crippen LogP contribution >= 0.6 is 11.8 Å². The molecule has 1 rings (SSSR count). The minimum atomic E-state index is -4.35. The van der Waals surface area contributed by atoms with Crippen LogP contribution in [-0.4, -0.2) is 23.8 Å². The van der Waals surface area contributed by atoms with Crippen molar-refractivity contribution in [3.05, 3.63) is 24.3 Å². The quantitative estimate of drug-likeness (QED) is 0.508. The second-order valence-electron chi connectivity index (χ2n) is 2.85. The van der Waals surface area contributed by atoms with Crippen LogP contribution in [0.3, 0.4) is 0 Å². The first-order valence-electron chi connectivity index (χ1n) is 4.32. The van der Waals surface area contributed by atoms with Gasteiger partial charge in [-0.25, -0.2) is 5.12 Å². The lowest BCUT2D eigenvalue weighted by Gasteiger charge is -2.12. The van der Waals surface area contributed by atoms with Crippen molar-refractivity contribution >= 4 is 17.4 Å². The molecule has 0 aliphatic rings. The second-order valence-corrected chi connectivity index (χ2v) is 3.99. The van der Waals surface area contributed by atoms with Crippen LogP contribution in [0.1, 0.15) is 0 Å². The third-order valence-corrected chi connectivity index (χ3v) is 2.39. The van der Waals surface area contributed by atoms with Gasteiger partial charge in [0.1, 0.15) is 0 Å². The van der Waals surface area contributed by atoms with Crippen molar-refractivity contribution in [3.63, 3.8) is 0 Å². The Balaban J connectivity index is 2.68. The predicted molar refractivity (Wildman–Crippen MR) is 53.9 cm³/mol. The van der Waals surface area contributed by atoms with Crippen molar-refractivity contribution in [2.75, 3.05) is 18.3 Å². The Morgan fingerprint density at radius 2 is 1.75 bits per heavy atom. The smallest absolute Gasteiger partial charge is 0.394 e. The summed E-state index contributed by atoms with van der Waals surface area (Å²) in [6, 6.07) is 4.81. The summed E-state index contributed by atoms with van der Waals surface area (Å²) >= 11 is -0.256. The molecule has 0 atom stereocenters. The van der Waals surface area contributed by atoms with Crippen molar-refractivity contribution in [1.29, 1.82) is 0 Å². The summed E-state index contributed by atoms with van der Waals surface area (Å²) in [6.07, 6.45) is 0. The standard InChI is InChI=1S/C9H9F4NOS/c10-9(11,12)16-8-3-1-7(2-4-8)14(13)5-6-15/h1-4,15H,5-6H2. The zero-order valence-corrected chi connectivity index (χ0v) is 8.85. The summed E-state index contributed by atoms with van der Waals surface area (Å²) in [5.74, 6) is 0. The normalized spacial score (nSPS) is 11.6. The Morgan fingerprint density at radius 3 is 2.19 bits per heavy atom. The first-order valence-corrected chi connectivity index (χ1v) is 5.14. The number of aliphatic hydroxyl groups excluding tert-OH is 1. The molecule has 0 heterocycles. The molecule has 0 aliphatic carbocycles. The van der Waals surface area contributed by atoms with E-state index < -0.39 is 5.51 Å². The maximum Gasteiger partial charge on any atom is 0.446 e. The van der Waals surface area contributed by atoms with E-state index in [2.05, 4.69) is 0 Å². The van der Waals surface area contributed by atoms with Crippen LogP contribution in [0.2, 0.25) is 0 Å². The van der Waals surface area contributed by atoms with Crippen LogP contribution in [-0.2, 0) is 0 Å². The number of rotatable bonds is 4. The van der Waals surface area contributed by atoms with Gasteiger partial charge in [-0.15, -0.1) is 0 Å². The molecule has 1 aromatic rings. The summed E-state index contributed by atoms with van der Waals surface area (Å²) in [6.45, 7) is -0.582. The van der Waals surface area contributed by atoms with Gasteiger partial charge in [-0.05, 0) is 36.0 Å². The summed E-state index contributed by atoms with van der Waals surface area (Å²) in [5, 5.41) is 8.74. The number of aliphatic hydroxyl groups is 1. The van der Waals surface area contributed by atoms with Gasteiger partial charge >= 0.3 is 5.51 Å². The van der Waals surface area contributed by atoms with Gasteiger partial charge < -0.3 is 5.11 Å². The number of alkyl halides is 3. The van der Waals surface area contributed by atoms with Crippen molar-refractivity contribution in [2.45, 2.75) is 10.4 Å². The molecule has 1 N–H and O–H groups in total. The Hall–Kier alpha value is -0.950. The minimum Gasteiger partial charge on any atom is -0.394 e. The summed E-state index contributed by atoms with van der Waals surface area (Å²) in [4.78, 5) is -0.00588. The lowest BCUT2D eigenvalue weighted by molar-refractivity contribution is -0.0328. The summed E-state index contributed by atoms with van der Waals surface area (Å²) < 4.78 is 48.9. The van der Waals surface area contributed by atoms with Crippen molar-refractivity contribution in [3.8, 4) is 0 Å². The van der Waals surface area contributed by atoms with E-state index in [1.807, 2.05) is 0 Å². The first kappa shape index (κ1) is 13.1. The van der Waals surface area contributed by atoms with Crippen LogP contribution in [0.5, 0.6) is 0 Å². The molecule has 0 amide bonds. The van der Waals surface area contributed by atoms with Crippen LogP contribution in [0.15, 0.2) is 29.2 Å². The number of hydrogen-bond acceptors (Lipinski definition) is 3. The summed E-state index contributed by atoms with van der Waals surface area (Å²) in [5.41, 5.74) is -4.23. The number of halogens is 4. The predicted octanol–water partition coefficient (Wildman–Crippen LogP) is 2.98. The monoisotopic (exact) mass is 255 g/mol. The molecule has 0 aromatic heterocycles. The highest BCUT2D eigenvalue weighted by molar-refractivity contribution is 8.00. The molecular weight excluding hydrogens is 246 g/mol. The van der Waals surface area contributed by atoms with Gasteiger partial charge in [0.15, 0.2) is 0 Å². The van der Waals surface area contributed by atoms with Crippen molar-refractivity contribution in [2.24, 2.45) is 0 Å². The number of nitrogens with zero attached hydrogens (tertiary/aromatic N) is 1. The van der Waals surface area contributed by atoms with Crippen LogP contribution in [0.4, 0.5) is 23.3 Å². The van der Waals surface area contributed by atoms with Crippen LogP contribution in [0, 0.1) is 0 Å². The van der Waals surface area contributed by atoms with E-state index in [0.717, 1.165) is 0 Å². The van der Waals surface area contributed by atoms with Gasteiger partial charge in [-0.1, -0.05) is 4.48 Å². The third-order valence-electron chi connectivity index (χ3n) is 1.65. The van der Waals surface area contributed by atoms with E-state index in [4.69, 9.17) is 5.11 Å². The van der Waals surface area contributed by atoms with Gasteiger partial charge in [-0.2, -0.15) is 13.2 Å². The SMILES string of the molecule is OCCN(F)c1ccc(SC(F)(F)F)cc1. The Labute approximate surface area is 93.8 Å². The highest BCUT2D eigenvalue weighted by atomic mass is 32.2. The molecule has 16 heavy (non-hydrogen) atoms. The van der Waals surface area contributed by atoms with E-state index in [-0.39, 0.29) is 40.6 Å². The maximum atomic E-state index is 13.0. The molecule has 0 unspecified atom stereocenters. The van der Waals surface area contributed by atoms with Gasteiger partial charge in [0, 0.05) is 4.90 Å². The largest absolute Gasteiger partial charge is 0.446 e. The Morgan fingerprint density at radius 1 is 1.19 bits per heavy atom. The fraction of sp³-hybridized carbons (Fsp3) is 0.333. The molecule has 1 aromatic carbocycles. The molecule has 0 aliphatic heterocycles. The van der Waals surface area contributed by atoms with Crippen LogP contribution in [0.25, 0.3) is 0 Å². The molecule has 7 heteroatoms. The third kappa shape index (κ3) is 4.28. The van der Waals surface area contributed by atoms with Crippen molar-refractivity contribution < 1.29 is 22.8 Å². The zero-order chi connectivity index (χ0) is 12.2. The second kappa shape index (κ2) is 5.40. The lowest BCUT2D eigenvalue weighted by Crippen LogP contribution is -2.16. The summed E-state index contributed by atoms with van der Waals surface area (Å²) in [7, 11) is 0. The topological polar surface area (TPSA) is 23.5 Å². The Bertz CT molecular complexity index is 327. The number of benzene rings is 1. The lowest BCUT2D eigenvalue weighted by atomic mass is 10.3. The molecule has 0 saturated heterocycles. The molecule has 90 valence electrons. The number of anilines is 1. The highest BCUT2D eigenvalue weighted by Crippen LogP contribution is 2.37. The molecule has 0 fully saturated rings. The highest BCUT2D eigenvalue weighted by Gasteiger charge is 2.29. The van der Waals surface area contributed by atoms with E-state index >= 15 is 0 Å². The van der Waals surface area contributed by atoms with Gasteiger partial charge in [0.05, 0.1) is 18.8 Å². The number of hydrogen-bond donors (Lipinski definition) is 1. The average molecular weight is 255 g/mol. The Kier molecular flexibility index (Phi) is 4.43.